The minimum atomic E-state index is -1.20. The summed E-state index contributed by atoms with van der Waals surface area (Å²) in [7, 11) is 0. The summed E-state index contributed by atoms with van der Waals surface area (Å²) < 4.78 is 10.5. The van der Waals surface area contributed by atoms with E-state index in [1.165, 1.54) is 0 Å². The Hall–Kier alpha value is -0.240. The Balaban J connectivity index is 2.77. The Bertz CT molecular complexity index is 207. The van der Waals surface area contributed by atoms with E-state index < -0.39 is 36.8 Å². The maximum atomic E-state index is 9.68. The molecule has 0 aromatic rings. The van der Waals surface area contributed by atoms with Gasteiger partial charge in [0.1, 0.15) is 24.4 Å². The molecule has 0 amide bonds. The predicted molar refractivity (Wildman–Crippen MR) is 50.0 cm³/mol. The van der Waals surface area contributed by atoms with Crippen LogP contribution in [0.5, 0.6) is 0 Å². The van der Waals surface area contributed by atoms with Crippen LogP contribution in [0.3, 0.4) is 0 Å². The van der Waals surface area contributed by atoms with Crippen LogP contribution in [-0.2, 0) is 9.47 Å². The first kappa shape index (κ1) is 12.8. The van der Waals surface area contributed by atoms with Gasteiger partial charge < -0.3 is 29.9 Å². The third kappa shape index (κ3) is 2.87. The fourth-order valence-electron chi connectivity index (χ4n) is 1.63. The van der Waals surface area contributed by atoms with Gasteiger partial charge in [0.05, 0.1) is 13.2 Å². The largest absolute Gasteiger partial charge is 0.394 e. The number of aliphatic hydroxyl groups excluding tert-OH is 4. The topological polar surface area (TPSA) is 99.4 Å². The standard InChI is InChI=1S/C9H18O6/c1-9(2)14-6(4-11)7(13)8(15-9)5(12)3-10/h5-8,10-13H,3-4H2,1-2H3/t5-,6+,7-,8-/m0/s1. The van der Waals surface area contributed by atoms with Gasteiger partial charge in [0.25, 0.3) is 0 Å². The van der Waals surface area contributed by atoms with Crippen molar-refractivity contribution >= 4 is 0 Å². The molecule has 0 saturated carbocycles. The van der Waals surface area contributed by atoms with Crippen molar-refractivity contribution in [2.75, 3.05) is 13.2 Å². The van der Waals surface area contributed by atoms with Crippen LogP contribution >= 0.6 is 0 Å². The molecule has 0 spiro atoms. The smallest absolute Gasteiger partial charge is 0.164 e. The van der Waals surface area contributed by atoms with Gasteiger partial charge in [-0.15, -0.1) is 0 Å². The van der Waals surface area contributed by atoms with Crippen LogP contribution in [-0.4, -0.2) is 63.8 Å². The number of ether oxygens (including phenoxy) is 2. The summed E-state index contributed by atoms with van der Waals surface area (Å²) in [4.78, 5) is 0. The average molecular weight is 222 g/mol. The molecule has 0 aliphatic carbocycles. The van der Waals surface area contributed by atoms with Gasteiger partial charge in [0, 0.05) is 0 Å². The Morgan fingerprint density at radius 1 is 1.27 bits per heavy atom. The van der Waals surface area contributed by atoms with Crippen LogP contribution in [0.1, 0.15) is 13.8 Å². The van der Waals surface area contributed by atoms with Gasteiger partial charge in [-0.3, -0.25) is 0 Å². The molecule has 0 aromatic carbocycles. The molecule has 1 aliphatic heterocycles. The van der Waals surface area contributed by atoms with Crippen LogP contribution in [0.2, 0.25) is 0 Å². The summed E-state index contributed by atoms with van der Waals surface area (Å²) in [5.74, 6) is -1.01. The molecule has 6 heteroatoms. The lowest BCUT2D eigenvalue weighted by molar-refractivity contribution is -0.349. The fourth-order valence-corrected chi connectivity index (χ4v) is 1.63. The summed E-state index contributed by atoms with van der Waals surface area (Å²) in [6.07, 6.45) is -4.14. The van der Waals surface area contributed by atoms with Crippen LogP contribution in [0.25, 0.3) is 0 Å². The van der Waals surface area contributed by atoms with E-state index in [-0.39, 0.29) is 6.61 Å². The van der Waals surface area contributed by atoms with Gasteiger partial charge in [0.2, 0.25) is 0 Å². The van der Waals surface area contributed by atoms with Crippen molar-refractivity contribution in [2.24, 2.45) is 0 Å². The minimum Gasteiger partial charge on any atom is -0.394 e. The summed E-state index contributed by atoms with van der Waals surface area (Å²) >= 11 is 0. The Kier molecular flexibility index (Phi) is 4.05. The third-order valence-corrected chi connectivity index (χ3v) is 2.32. The molecule has 6 nitrogen and oxygen atoms in total. The SMILES string of the molecule is CC1(C)O[C@@H]([C@@H](O)CO)[C@@H](O)[C@@H](CO)O1. The van der Waals surface area contributed by atoms with Crippen LogP contribution in [0.15, 0.2) is 0 Å². The van der Waals surface area contributed by atoms with E-state index in [1.807, 2.05) is 0 Å². The van der Waals surface area contributed by atoms with Crippen molar-refractivity contribution in [2.45, 2.75) is 44.1 Å². The summed E-state index contributed by atoms with van der Waals surface area (Å²) in [5, 5.41) is 36.9. The molecule has 0 bridgehead atoms. The number of rotatable bonds is 3. The molecule has 15 heavy (non-hydrogen) atoms. The molecule has 90 valence electrons. The van der Waals surface area contributed by atoms with Gasteiger partial charge in [-0.1, -0.05) is 0 Å². The molecule has 1 heterocycles. The maximum Gasteiger partial charge on any atom is 0.164 e. The van der Waals surface area contributed by atoms with E-state index in [0.29, 0.717) is 0 Å². The van der Waals surface area contributed by atoms with Crippen molar-refractivity contribution in [3.05, 3.63) is 0 Å². The van der Waals surface area contributed by atoms with Gasteiger partial charge in [-0.2, -0.15) is 0 Å². The first-order valence-corrected chi connectivity index (χ1v) is 4.85. The molecule has 4 atom stereocenters. The highest BCUT2D eigenvalue weighted by molar-refractivity contribution is 4.88. The molecule has 0 radical (unpaired) electrons. The average Bonchev–Trinajstić information content (AvgIpc) is 2.19. The fraction of sp³-hybridized carbons (Fsp3) is 1.00. The van der Waals surface area contributed by atoms with E-state index in [2.05, 4.69) is 0 Å². The second kappa shape index (κ2) is 4.73. The highest BCUT2D eigenvalue weighted by atomic mass is 16.7. The zero-order valence-electron chi connectivity index (χ0n) is 8.83. The van der Waals surface area contributed by atoms with Gasteiger partial charge in [0.15, 0.2) is 5.79 Å². The molecule has 1 saturated heterocycles. The highest BCUT2D eigenvalue weighted by Gasteiger charge is 2.44. The molecule has 0 unspecified atom stereocenters. The second-order valence-corrected chi connectivity index (χ2v) is 4.06. The van der Waals surface area contributed by atoms with Crippen LogP contribution in [0, 0.1) is 0 Å². The quantitative estimate of drug-likeness (QED) is 0.450. The zero-order chi connectivity index (χ0) is 11.6. The van der Waals surface area contributed by atoms with Crippen molar-refractivity contribution in [1.82, 2.24) is 0 Å². The highest BCUT2D eigenvalue weighted by Crippen LogP contribution is 2.28. The first-order chi connectivity index (χ1) is 6.91. The number of hydrogen-bond donors (Lipinski definition) is 4. The predicted octanol–water partition coefficient (Wildman–Crippen LogP) is -1.79. The van der Waals surface area contributed by atoms with E-state index in [0.717, 1.165) is 0 Å². The van der Waals surface area contributed by atoms with Crippen molar-refractivity contribution in [1.29, 1.82) is 0 Å². The Morgan fingerprint density at radius 3 is 2.33 bits per heavy atom. The molecule has 0 aromatic heterocycles. The summed E-state index contributed by atoms with van der Waals surface area (Å²) in [6, 6.07) is 0. The maximum absolute atomic E-state index is 9.68. The van der Waals surface area contributed by atoms with Gasteiger partial charge >= 0.3 is 0 Å². The molecule has 4 N–H and O–H groups in total. The van der Waals surface area contributed by atoms with Gasteiger partial charge in [-0.25, -0.2) is 0 Å². The summed E-state index contributed by atoms with van der Waals surface area (Å²) in [5.41, 5.74) is 0. The summed E-state index contributed by atoms with van der Waals surface area (Å²) in [6.45, 7) is 2.33. The van der Waals surface area contributed by atoms with E-state index in [1.54, 1.807) is 13.8 Å². The lowest BCUT2D eigenvalue weighted by Crippen LogP contribution is -2.59. The van der Waals surface area contributed by atoms with Crippen molar-refractivity contribution in [3.63, 3.8) is 0 Å². The normalized spacial score (nSPS) is 37.6. The lowest BCUT2D eigenvalue weighted by Gasteiger charge is -2.44. The molecular formula is C9H18O6. The molecule has 1 aliphatic rings. The first-order valence-electron chi connectivity index (χ1n) is 4.85. The Morgan fingerprint density at radius 2 is 1.87 bits per heavy atom. The number of hydrogen-bond acceptors (Lipinski definition) is 6. The van der Waals surface area contributed by atoms with Crippen molar-refractivity contribution in [3.8, 4) is 0 Å². The zero-order valence-corrected chi connectivity index (χ0v) is 8.83. The van der Waals surface area contributed by atoms with Gasteiger partial charge in [-0.05, 0) is 13.8 Å². The second-order valence-electron chi connectivity index (χ2n) is 4.06. The van der Waals surface area contributed by atoms with Crippen LogP contribution < -0.4 is 0 Å². The monoisotopic (exact) mass is 222 g/mol. The Labute approximate surface area is 88.1 Å². The van der Waals surface area contributed by atoms with Crippen LogP contribution in [0.4, 0.5) is 0 Å². The third-order valence-electron chi connectivity index (χ3n) is 2.32. The van der Waals surface area contributed by atoms with E-state index >= 15 is 0 Å². The van der Waals surface area contributed by atoms with Crippen molar-refractivity contribution < 1.29 is 29.9 Å². The van der Waals surface area contributed by atoms with E-state index in [9.17, 15) is 10.2 Å². The molecular weight excluding hydrogens is 204 g/mol. The molecule has 1 rings (SSSR count). The molecule has 1 fully saturated rings. The lowest BCUT2D eigenvalue weighted by atomic mass is 10.0. The number of aliphatic hydroxyl groups is 4. The van der Waals surface area contributed by atoms with E-state index in [4.69, 9.17) is 19.7 Å². The minimum absolute atomic E-state index is 0.372.